The van der Waals surface area contributed by atoms with Gasteiger partial charge in [0, 0.05) is 12.5 Å². The molecule has 0 aliphatic carbocycles. The number of aliphatic carboxylic acids is 1. The maximum atomic E-state index is 10.7. The molecular weight excluding hydrogens is 238 g/mol. The monoisotopic (exact) mass is 257 g/mol. The Labute approximate surface area is 105 Å². The Morgan fingerprint density at radius 2 is 2.06 bits per heavy atom. The first-order valence-electron chi connectivity index (χ1n) is 5.88. The van der Waals surface area contributed by atoms with Gasteiger partial charge in [-0.15, -0.1) is 10.2 Å². The summed E-state index contributed by atoms with van der Waals surface area (Å²) in [6.07, 6.45) is 2.10. The summed E-state index contributed by atoms with van der Waals surface area (Å²) < 4.78 is 0. The Morgan fingerprint density at radius 3 is 2.59 bits per heavy atom. The van der Waals surface area contributed by atoms with Gasteiger partial charge >= 0.3 is 5.97 Å². The lowest BCUT2D eigenvalue weighted by atomic mass is 10.1. The average Bonchev–Trinajstić information content (AvgIpc) is 2.76. The summed E-state index contributed by atoms with van der Waals surface area (Å²) in [5.41, 5.74) is 0. The van der Waals surface area contributed by atoms with Crippen LogP contribution in [0.2, 0.25) is 0 Å². The lowest BCUT2D eigenvalue weighted by Crippen LogP contribution is -2.19. The van der Waals surface area contributed by atoms with Gasteiger partial charge in [-0.3, -0.25) is 4.79 Å². The summed E-state index contributed by atoms with van der Waals surface area (Å²) in [7, 11) is 0. The largest absolute Gasteiger partial charge is 0.481 e. The van der Waals surface area contributed by atoms with Crippen molar-refractivity contribution in [2.45, 2.75) is 39.5 Å². The number of carboxylic acids is 1. The SMILES string of the molecule is CCC(CC)c1nnc(NCC(C)C(=O)O)s1. The maximum absolute atomic E-state index is 10.7. The van der Waals surface area contributed by atoms with Gasteiger partial charge in [-0.05, 0) is 12.8 Å². The number of aromatic nitrogens is 2. The minimum absolute atomic E-state index is 0.382. The maximum Gasteiger partial charge on any atom is 0.308 e. The normalized spacial score (nSPS) is 12.7. The third kappa shape index (κ3) is 3.96. The second-order valence-corrected chi connectivity index (χ2v) is 5.09. The van der Waals surface area contributed by atoms with Crippen LogP contribution in [-0.4, -0.2) is 27.8 Å². The fraction of sp³-hybridized carbons (Fsp3) is 0.727. The molecule has 1 aromatic heterocycles. The van der Waals surface area contributed by atoms with E-state index in [4.69, 9.17) is 5.11 Å². The van der Waals surface area contributed by atoms with Gasteiger partial charge in [0.05, 0.1) is 5.92 Å². The highest BCUT2D eigenvalue weighted by Crippen LogP contribution is 2.27. The third-order valence-electron chi connectivity index (χ3n) is 2.76. The van der Waals surface area contributed by atoms with Gasteiger partial charge in [0.2, 0.25) is 5.13 Å². The Hall–Kier alpha value is -1.17. The Balaban J connectivity index is 2.54. The van der Waals surface area contributed by atoms with Gasteiger partial charge in [0.1, 0.15) is 5.01 Å². The predicted octanol–water partition coefficient (Wildman–Crippen LogP) is 2.57. The van der Waals surface area contributed by atoms with Crippen LogP contribution in [0.3, 0.4) is 0 Å². The van der Waals surface area contributed by atoms with E-state index in [0.717, 1.165) is 17.8 Å². The van der Waals surface area contributed by atoms with E-state index in [2.05, 4.69) is 29.4 Å². The quantitative estimate of drug-likeness (QED) is 0.785. The van der Waals surface area contributed by atoms with E-state index < -0.39 is 11.9 Å². The first kappa shape index (κ1) is 13.9. The molecule has 1 unspecified atom stereocenters. The van der Waals surface area contributed by atoms with Crippen LogP contribution in [0.15, 0.2) is 0 Å². The van der Waals surface area contributed by atoms with Crippen molar-refractivity contribution in [2.75, 3.05) is 11.9 Å². The van der Waals surface area contributed by atoms with Gasteiger partial charge in [0.15, 0.2) is 0 Å². The molecule has 0 saturated carbocycles. The van der Waals surface area contributed by atoms with E-state index in [0.29, 0.717) is 17.6 Å². The van der Waals surface area contributed by atoms with E-state index in [1.165, 1.54) is 11.3 Å². The van der Waals surface area contributed by atoms with Crippen LogP contribution in [0.25, 0.3) is 0 Å². The fourth-order valence-electron chi connectivity index (χ4n) is 1.44. The lowest BCUT2D eigenvalue weighted by molar-refractivity contribution is -0.140. The molecule has 1 aromatic rings. The van der Waals surface area contributed by atoms with Gasteiger partial charge in [0.25, 0.3) is 0 Å². The van der Waals surface area contributed by atoms with Crippen molar-refractivity contribution < 1.29 is 9.90 Å². The van der Waals surface area contributed by atoms with Gasteiger partial charge < -0.3 is 10.4 Å². The summed E-state index contributed by atoms with van der Waals surface area (Å²) >= 11 is 1.52. The molecule has 17 heavy (non-hydrogen) atoms. The van der Waals surface area contributed by atoms with Crippen LogP contribution in [-0.2, 0) is 4.79 Å². The smallest absolute Gasteiger partial charge is 0.308 e. The molecule has 0 aliphatic heterocycles. The standard InChI is InChI=1S/C11H19N3O2S/c1-4-8(5-2)9-13-14-11(17-9)12-6-7(3)10(15)16/h7-8H,4-6H2,1-3H3,(H,12,14)(H,15,16). The van der Waals surface area contributed by atoms with Crippen molar-refractivity contribution in [3.05, 3.63) is 5.01 Å². The summed E-state index contributed by atoms with van der Waals surface area (Å²) in [5.74, 6) is -0.766. The molecule has 1 rings (SSSR count). The van der Waals surface area contributed by atoms with Crippen LogP contribution in [0.1, 0.15) is 44.5 Å². The van der Waals surface area contributed by atoms with E-state index in [1.807, 2.05) is 0 Å². The Bertz CT molecular complexity index is 363. The van der Waals surface area contributed by atoms with Crippen LogP contribution >= 0.6 is 11.3 Å². The van der Waals surface area contributed by atoms with E-state index >= 15 is 0 Å². The molecule has 0 aliphatic rings. The Morgan fingerprint density at radius 1 is 1.41 bits per heavy atom. The molecule has 0 amide bonds. The molecule has 0 fully saturated rings. The number of hydrogen-bond acceptors (Lipinski definition) is 5. The molecule has 2 N–H and O–H groups in total. The number of nitrogens with zero attached hydrogens (tertiary/aromatic N) is 2. The third-order valence-corrected chi connectivity index (χ3v) is 3.80. The highest BCUT2D eigenvalue weighted by atomic mass is 32.1. The fourth-order valence-corrected chi connectivity index (χ4v) is 2.45. The summed E-state index contributed by atoms with van der Waals surface area (Å²) in [6, 6.07) is 0. The summed E-state index contributed by atoms with van der Waals surface area (Å²) in [4.78, 5) is 10.7. The molecule has 1 heterocycles. The summed E-state index contributed by atoms with van der Waals surface area (Å²) in [5, 5.41) is 21.7. The molecule has 0 bridgehead atoms. The molecular formula is C11H19N3O2S. The van der Waals surface area contributed by atoms with E-state index in [1.54, 1.807) is 6.92 Å². The van der Waals surface area contributed by atoms with E-state index in [9.17, 15) is 4.79 Å². The van der Waals surface area contributed by atoms with Gasteiger partial charge in [-0.2, -0.15) is 0 Å². The molecule has 0 spiro atoms. The molecule has 0 saturated heterocycles. The molecule has 0 aromatic carbocycles. The minimum Gasteiger partial charge on any atom is -0.481 e. The number of anilines is 1. The predicted molar refractivity (Wildman–Crippen MR) is 68.5 cm³/mol. The molecule has 0 radical (unpaired) electrons. The Kier molecular flexibility index (Phi) is 5.34. The van der Waals surface area contributed by atoms with E-state index in [-0.39, 0.29) is 0 Å². The second-order valence-electron chi connectivity index (χ2n) is 4.08. The number of hydrogen-bond donors (Lipinski definition) is 2. The van der Waals surface area contributed by atoms with Crippen LogP contribution in [0, 0.1) is 5.92 Å². The molecule has 96 valence electrons. The summed E-state index contributed by atoms with van der Waals surface area (Å²) in [6.45, 7) is 6.31. The highest BCUT2D eigenvalue weighted by molar-refractivity contribution is 7.15. The van der Waals surface area contributed by atoms with Crippen molar-refractivity contribution in [1.82, 2.24) is 10.2 Å². The van der Waals surface area contributed by atoms with Crippen LogP contribution in [0.4, 0.5) is 5.13 Å². The molecule has 5 nitrogen and oxygen atoms in total. The topological polar surface area (TPSA) is 75.1 Å². The zero-order valence-corrected chi connectivity index (χ0v) is 11.3. The molecule has 1 atom stereocenters. The van der Waals surface area contributed by atoms with Crippen molar-refractivity contribution in [3.63, 3.8) is 0 Å². The van der Waals surface area contributed by atoms with Gasteiger partial charge in [-0.1, -0.05) is 32.1 Å². The number of rotatable bonds is 7. The number of carbonyl (C=O) groups is 1. The average molecular weight is 257 g/mol. The van der Waals surface area contributed by atoms with Gasteiger partial charge in [-0.25, -0.2) is 0 Å². The first-order valence-corrected chi connectivity index (χ1v) is 6.70. The minimum atomic E-state index is -0.803. The first-order chi connectivity index (χ1) is 8.08. The second kappa shape index (κ2) is 6.54. The molecule has 6 heteroatoms. The van der Waals surface area contributed by atoms with Crippen LogP contribution in [0.5, 0.6) is 0 Å². The zero-order valence-electron chi connectivity index (χ0n) is 10.4. The number of nitrogens with one attached hydrogen (secondary N) is 1. The lowest BCUT2D eigenvalue weighted by Gasteiger charge is -2.07. The van der Waals surface area contributed by atoms with Crippen LogP contribution < -0.4 is 5.32 Å². The van der Waals surface area contributed by atoms with Crippen molar-refractivity contribution in [1.29, 1.82) is 0 Å². The van der Waals surface area contributed by atoms with Crippen molar-refractivity contribution >= 4 is 22.4 Å². The zero-order chi connectivity index (χ0) is 12.8. The van der Waals surface area contributed by atoms with Crippen molar-refractivity contribution in [2.24, 2.45) is 5.92 Å². The highest BCUT2D eigenvalue weighted by Gasteiger charge is 2.15. The van der Waals surface area contributed by atoms with Crippen molar-refractivity contribution in [3.8, 4) is 0 Å². The number of carboxylic acid groups (broad SMARTS) is 1.